The zero-order valence-corrected chi connectivity index (χ0v) is 18.4. The van der Waals surface area contributed by atoms with Crippen LogP contribution in [0.25, 0.3) is 0 Å². The van der Waals surface area contributed by atoms with E-state index in [1.165, 1.54) is 11.8 Å². The molecule has 0 saturated carbocycles. The Morgan fingerprint density at radius 1 is 1.03 bits per heavy atom. The Hall–Kier alpha value is -3.41. The summed E-state index contributed by atoms with van der Waals surface area (Å²) in [6.07, 6.45) is 0.854. The summed E-state index contributed by atoms with van der Waals surface area (Å²) in [6.45, 7) is 8.60. The van der Waals surface area contributed by atoms with Gasteiger partial charge in [0.1, 0.15) is 5.75 Å². The fourth-order valence-corrected chi connectivity index (χ4v) is 3.60. The number of esters is 1. The summed E-state index contributed by atoms with van der Waals surface area (Å²) in [5.74, 6) is -1.54. The summed E-state index contributed by atoms with van der Waals surface area (Å²) in [6, 6.07) is 13.3. The van der Waals surface area contributed by atoms with Crippen LogP contribution in [0.1, 0.15) is 51.8 Å². The van der Waals surface area contributed by atoms with Crippen molar-refractivity contribution in [2.45, 2.75) is 47.1 Å². The molecule has 162 valence electrons. The highest BCUT2D eigenvalue weighted by atomic mass is 16.5. The molecular formula is C25H27NO5. The quantitative estimate of drug-likeness (QED) is 0.559. The Morgan fingerprint density at radius 3 is 2.10 bits per heavy atom. The number of aryl methyl sites for hydroxylation is 1. The second kappa shape index (κ2) is 8.38. The molecule has 1 atom stereocenters. The maximum Gasteiger partial charge on any atom is 0.308 e. The minimum absolute atomic E-state index is 0.0669. The van der Waals surface area contributed by atoms with Gasteiger partial charge in [-0.05, 0) is 41.8 Å². The van der Waals surface area contributed by atoms with Crippen LogP contribution in [0.2, 0.25) is 0 Å². The molecule has 1 unspecified atom stereocenters. The SMILES string of the molecule is CCc1ccc(N2C(=O)C(O)=C(C(=O)C(C)(C)C)C2c2ccc(OC(C)=O)cc2)cc1. The molecule has 6 heteroatoms. The van der Waals surface area contributed by atoms with Gasteiger partial charge < -0.3 is 9.84 Å². The second-order valence-corrected chi connectivity index (χ2v) is 8.60. The number of carbonyl (C=O) groups excluding carboxylic acids is 3. The van der Waals surface area contributed by atoms with E-state index in [0.29, 0.717) is 17.0 Å². The molecular weight excluding hydrogens is 394 g/mol. The number of nitrogens with zero attached hydrogens (tertiary/aromatic N) is 1. The third kappa shape index (κ3) is 4.38. The molecule has 1 aliphatic heterocycles. The predicted molar refractivity (Wildman–Crippen MR) is 118 cm³/mol. The second-order valence-electron chi connectivity index (χ2n) is 8.60. The predicted octanol–water partition coefficient (Wildman–Crippen LogP) is 4.69. The van der Waals surface area contributed by atoms with E-state index < -0.39 is 29.1 Å². The summed E-state index contributed by atoms with van der Waals surface area (Å²) < 4.78 is 5.09. The van der Waals surface area contributed by atoms with Crippen molar-refractivity contribution in [2.75, 3.05) is 4.90 Å². The zero-order chi connectivity index (χ0) is 22.9. The molecule has 0 spiro atoms. The molecule has 0 saturated heterocycles. The molecule has 0 aliphatic carbocycles. The molecule has 0 radical (unpaired) electrons. The maximum absolute atomic E-state index is 13.2. The number of hydrogen-bond donors (Lipinski definition) is 1. The minimum Gasteiger partial charge on any atom is -0.503 e. The Bertz CT molecular complexity index is 1040. The van der Waals surface area contributed by atoms with E-state index in [0.717, 1.165) is 12.0 Å². The van der Waals surface area contributed by atoms with Gasteiger partial charge in [-0.3, -0.25) is 19.3 Å². The summed E-state index contributed by atoms with van der Waals surface area (Å²) in [5.41, 5.74) is 1.60. The first-order valence-electron chi connectivity index (χ1n) is 10.2. The molecule has 1 N–H and O–H groups in total. The first kappa shape index (κ1) is 22.3. The van der Waals surface area contributed by atoms with E-state index >= 15 is 0 Å². The molecule has 1 amide bonds. The van der Waals surface area contributed by atoms with Crippen molar-refractivity contribution < 1.29 is 24.2 Å². The summed E-state index contributed by atoms with van der Waals surface area (Å²) >= 11 is 0. The zero-order valence-electron chi connectivity index (χ0n) is 18.4. The van der Waals surface area contributed by atoms with Crippen molar-refractivity contribution in [1.82, 2.24) is 0 Å². The molecule has 0 bridgehead atoms. The number of anilines is 1. The Balaban J connectivity index is 2.13. The lowest BCUT2D eigenvalue weighted by Gasteiger charge is -2.29. The summed E-state index contributed by atoms with van der Waals surface area (Å²) in [5, 5.41) is 10.7. The number of rotatable bonds is 5. The first-order valence-corrected chi connectivity index (χ1v) is 10.2. The lowest BCUT2D eigenvalue weighted by molar-refractivity contribution is -0.132. The van der Waals surface area contributed by atoms with Crippen molar-refractivity contribution in [1.29, 1.82) is 0 Å². The fourth-order valence-electron chi connectivity index (χ4n) is 3.60. The molecule has 0 aromatic heterocycles. The van der Waals surface area contributed by atoms with Gasteiger partial charge >= 0.3 is 5.97 Å². The monoisotopic (exact) mass is 421 g/mol. The number of Topliss-reactive ketones (excluding diaryl/α,β-unsaturated/α-hetero) is 1. The van der Waals surface area contributed by atoms with Crippen molar-refractivity contribution in [3.63, 3.8) is 0 Å². The molecule has 6 nitrogen and oxygen atoms in total. The van der Waals surface area contributed by atoms with Gasteiger partial charge in [-0.25, -0.2) is 0 Å². The summed E-state index contributed by atoms with van der Waals surface area (Å²) in [4.78, 5) is 39.0. The van der Waals surface area contributed by atoms with Gasteiger partial charge in [-0.15, -0.1) is 0 Å². The van der Waals surface area contributed by atoms with Crippen molar-refractivity contribution >= 4 is 23.3 Å². The third-order valence-electron chi connectivity index (χ3n) is 5.21. The van der Waals surface area contributed by atoms with Crippen LogP contribution >= 0.6 is 0 Å². The summed E-state index contributed by atoms with van der Waals surface area (Å²) in [7, 11) is 0. The number of aliphatic hydroxyl groups excluding tert-OH is 1. The molecule has 1 aliphatic rings. The third-order valence-corrected chi connectivity index (χ3v) is 5.21. The van der Waals surface area contributed by atoms with E-state index in [-0.39, 0.29) is 11.4 Å². The molecule has 2 aromatic carbocycles. The van der Waals surface area contributed by atoms with E-state index in [1.54, 1.807) is 45.0 Å². The molecule has 2 aromatic rings. The number of aliphatic hydroxyl groups is 1. The van der Waals surface area contributed by atoms with Crippen LogP contribution in [0.3, 0.4) is 0 Å². The smallest absolute Gasteiger partial charge is 0.308 e. The van der Waals surface area contributed by atoms with Crippen LogP contribution in [-0.2, 0) is 20.8 Å². The van der Waals surface area contributed by atoms with E-state index in [9.17, 15) is 19.5 Å². The normalized spacial score (nSPS) is 16.6. The lowest BCUT2D eigenvalue weighted by atomic mass is 9.82. The molecule has 0 fully saturated rings. The number of carbonyl (C=O) groups is 3. The van der Waals surface area contributed by atoms with Gasteiger partial charge in [0.2, 0.25) is 0 Å². The van der Waals surface area contributed by atoms with Gasteiger partial charge in [-0.2, -0.15) is 0 Å². The number of benzene rings is 2. The highest BCUT2D eigenvalue weighted by Crippen LogP contribution is 2.43. The molecule has 3 rings (SSSR count). The largest absolute Gasteiger partial charge is 0.503 e. The Morgan fingerprint density at radius 2 is 1.61 bits per heavy atom. The van der Waals surface area contributed by atoms with Crippen LogP contribution in [0.4, 0.5) is 5.69 Å². The highest BCUT2D eigenvalue weighted by Gasteiger charge is 2.46. The van der Waals surface area contributed by atoms with Crippen LogP contribution in [-0.4, -0.2) is 22.8 Å². The minimum atomic E-state index is -0.793. The average molecular weight is 421 g/mol. The average Bonchev–Trinajstić information content (AvgIpc) is 2.98. The van der Waals surface area contributed by atoms with E-state index in [1.807, 2.05) is 31.2 Å². The van der Waals surface area contributed by atoms with Gasteiger partial charge in [0.25, 0.3) is 5.91 Å². The van der Waals surface area contributed by atoms with Crippen molar-refractivity contribution in [3.05, 3.63) is 71.0 Å². The van der Waals surface area contributed by atoms with Gasteiger partial charge in [0, 0.05) is 18.0 Å². The standard InChI is InChI=1S/C25H27NO5/c1-6-16-7-11-18(12-8-16)26-21(17-9-13-19(14-10-17)31-15(2)27)20(22(28)24(26)30)23(29)25(3,4)5/h7-14,21,28H,6H2,1-5H3. The van der Waals surface area contributed by atoms with E-state index in [4.69, 9.17) is 4.74 Å². The van der Waals surface area contributed by atoms with Crippen LogP contribution in [0.5, 0.6) is 5.75 Å². The number of ketones is 1. The topological polar surface area (TPSA) is 83.9 Å². The van der Waals surface area contributed by atoms with Crippen LogP contribution in [0.15, 0.2) is 59.9 Å². The van der Waals surface area contributed by atoms with Crippen LogP contribution in [0, 0.1) is 5.41 Å². The molecule has 1 heterocycles. The number of ether oxygens (including phenoxy) is 1. The fraction of sp³-hybridized carbons (Fsp3) is 0.320. The van der Waals surface area contributed by atoms with Crippen LogP contribution < -0.4 is 9.64 Å². The Labute approximate surface area is 182 Å². The van der Waals surface area contributed by atoms with Crippen molar-refractivity contribution in [2.24, 2.45) is 5.41 Å². The van der Waals surface area contributed by atoms with E-state index in [2.05, 4.69) is 0 Å². The van der Waals surface area contributed by atoms with Gasteiger partial charge in [0.15, 0.2) is 11.5 Å². The lowest BCUT2D eigenvalue weighted by Crippen LogP contribution is -2.32. The van der Waals surface area contributed by atoms with Crippen molar-refractivity contribution in [3.8, 4) is 5.75 Å². The number of hydrogen-bond acceptors (Lipinski definition) is 5. The Kier molecular flexibility index (Phi) is 6.02. The number of amides is 1. The molecule has 31 heavy (non-hydrogen) atoms. The maximum atomic E-state index is 13.2. The highest BCUT2D eigenvalue weighted by molar-refractivity contribution is 6.17. The van der Waals surface area contributed by atoms with Gasteiger partial charge in [-0.1, -0.05) is 52.0 Å². The first-order chi connectivity index (χ1) is 14.5. The van der Waals surface area contributed by atoms with Gasteiger partial charge in [0.05, 0.1) is 11.6 Å².